The van der Waals surface area contributed by atoms with Gasteiger partial charge in [0.05, 0.1) is 22.2 Å². The second-order valence-electron chi connectivity index (χ2n) is 5.77. The van der Waals surface area contributed by atoms with Crippen LogP contribution in [-0.4, -0.2) is 28.6 Å². The Balaban J connectivity index is 1.75. The number of ether oxygens (including phenoxy) is 2. The van der Waals surface area contributed by atoms with Gasteiger partial charge in [-0.05, 0) is 31.2 Å². The molecule has 0 saturated carbocycles. The zero-order chi connectivity index (χ0) is 18.8. The standard InChI is InChI=1S/C20H16N2O4S/c1-2-25-18(23)12-26-16-10-6-3-7-13(16)11-17-19(24)22-15-9-5-4-8-14(15)21-20(22)27-17/h3-11H,2,12H2,1H3/b17-11-. The fourth-order valence-electron chi connectivity index (χ4n) is 2.82. The molecule has 4 aromatic rings. The van der Waals surface area contributed by atoms with Gasteiger partial charge in [0.25, 0.3) is 5.56 Å². The molecule has 4 rings (SSSR count). The fraction of sp³-hybridized carbons (Fsp3) is 0.150. The van der Waals surface area contributed by atoms with Crippen LogP contribution in [0.1, 0.15) is 12.5 Å². The Bertz CT molecular complexity index is 1240. The average molecular weight is 380 g/mol. The topological polar surface area (TPSA) is 69.9 Å². The monoisotopic (exact) mass is 380 g/mol. The highest BCUT2D eigenvalue weighted by atomic mass is 32.1. The zero-order valence-electron chi connectivity index (χ0n) is 14.5. The summed E-state index contributed by atoms with van der Waals surface area (Å²) in [4.78, 5) is 29.5. The summed E-state index contributed by atoms with van der Waals surface area (Å²) >= 11 is 1.32. The lowest BCUT2D eigenvalue weighted by Crippen LogP contribution is -2.22. The number of fused-ring (bicyclic) bond motifs is 3. The lowest BCUT2D eigenvalue weighted by molar-refractivity contribution is -0.145. The first-order valence-corrected chi connectivity index (χ1v) is 9.28. The molecule has 6 nitrogen and oxygen atoms in total. The number of carbonyl (C=O) groups is 1. The van der Waals surface area contributed by atoms with Crippen molar-refractivity contribution in [3.8, 4) is 5.75 Å². The number of hydrogen-bond acceptors (Lipinski definition) is 6. The normalized spacial score (nSPS) is 12.0. The predicted molar refractivity (Wildman–Crippen MR) is 104 cm³/mol. The van der Waals surface area contributed by atoms with E-state index in [4.69, 9.17) is 9.47 Å². The summed E-state index contributed by atoms with van der Waals surface area (Å²) in [5.74, 6) is 0.0822. The molecule has 0 radical (unpaired) electrons. The van der Waals surface area contributed by atoms with Gasteiger partial charge in [-0.15, -0.1) is 0 Å². The number of rotatable bonds is 5. The number of esters is 1. The van der Waals surface area contributed by atoms with Crippen LogP contribution >= 0.6 is 11.3 Å². The van der Waals surface area contributed by atoms with Crippen LogP contribution < -0.4 is 14.8 Å². The summed E-state index contributed by atoms with van der Waals surface area (Å²) < 4.78 is 12.6. The van der Waals surface area contributed by atoms with Gasteiger partial charge in [-0.2, -0.15) is 0 Å². The van der Waals surface area contributed by atoms with Gasteiger partial charge in [0, 0.05) is 5.56 Å². The van der Waals surface area contributed by atoms with Crippen molar-refractivity contribution in [2.24, 2.45) is 0 Å². The molecule has 0 N–H and O–H groups in total. The highest BCUT2D eigenvalue weighted by molar-refractivity contribution is 7.15. The number of benzene rings is 2. The van der Waals surface area contributed by atoms with Crippen molar-refractivity contribution in [1.29, 1.82) is 0 Å². The molecule has 0 aliphatic rings. The first-order chi connectivity index (χ1) is 13.2. The molecule has 0 unspecified atom stereocenters. The van der Waals surface area contributed by atoms with Crippen molar-refractivity contribution >= 4 is 39.4 Å². The Morgan fingerprint density at radius 3 is 2.81 bits per heavy atom. The molecular weight excluding hydrogens is 364 g/mol. The molecule has 7 heteroatoms. The minimum Gasteiger partial charge on any atom is -0.481 e. The summed E-state index contributed by atoms with van der Waals surface area (Å²) in [5, 5.41) is 0. The van der Waals surface area contributed by atoms with Crippen LogP contribution in [0, 0.1) is 0 Å². The van der Waals surface area contributed by atoms with Gasteiger partial charge >= 0.3 is 5.97 Å². The minimum atomic E-state index is -0.433. The van der Waals surface area contributed by atoms with E-state index in [9.17, 15) is 9.59 Å². The van der Waals surface area contributed by atoms with Crippen molar-refractivity contribution in [2.75, 3.05) is 13.2 Å². The number of imidazole rings is 1. The van der Waals surface area contributed by atoms with Gasteiger partial charge in [-0.3, -0.25) is 4.79 Å². The Hall–Kier alpha value is -3.19. The predicted octanol–water partition coefficient (Wildman–Crippen LogP) is 2.40. The minimum absolute atomic E-state index is 0.121. The van der Waals surface area contributed by atoms with Gasteiger partial charge in [0.1, 0.15) is 5.75 Å². The largest absolute Gasteiger partial charge is 0.481 e. The molecule has 0 aliphatic carbocycles. The van der Waals surface area contributed by atoms with E-state index < -0.39 is 5.97 Å². The van der Waals surface area contributed by atoms with Crippen molar-refractivity contribution in [3.63, 3.8) is 0 Å². The van der Waals surface area contributed by atoms with E-state index in [0.29, 0.717) is 27.4 Å². The number of thiazole rings is 1. The third-order valence-corrected chi connectivity index (χ3v) is 4.97. The van der Waals surface area contributed by atoms with Gasteiger partial charge in [-0.1, -0.05) is 41.7 Å². The maximum atomic E-state index is 12.9. The molecule has 0 fully saturated rings. The fourth-order valence-corrected chi connectivity index (χ4v) is 3.80. The van der Waals surface area contributed by atoms with Gasteiger partial charge in [0.2, 0.25) is 0 Å². The highest BCUT2D eigenvalue weighted by Crippen LogP contribution is 2.20. The third-order valence-electron chi connectivity index (χ3n) is 4.00. The Kier molecular flexibility index (Phi) is 4.60. The molecule has 2 aromatic carbocycles. The molecule has 2 aromatic heterocycles. The third kappa shape index (κ3) is 3.29. The van der Waals surface area contributed by atoms with Crippen molar-refractivity contribution < 1.29 is 14.3 Å². The molecule has 0 bridgehead atoms. The van der Waals surface area contributed by atoms with E-state index in [1.54, 1.807) is 23.5 Å². The van der Waals surface area contributed by atoms with E-state index >= 15 is 0 Å². The summed E-state index contributed by atoms with van der Waals surface area (Å²) in [6.45, 7) is 1.87. The van der Waals surface area contributed by atoms with Crippen LogP contribution in [0.25, 0.3) is 22.1 Å². The van der Waals surface area contributed by atoms with Crippen molar-refractivity contribution in [2.45, 2.75) is 6.92 Å². The number of nitrogens with zero attached hydrogens (tertiary/aromatic N) is 2. The Labute approximate surface area is 158 Å². The molecule has 2 heterocycles. The smallest absolute Gasteiger partial charge is 0.344 e. The molecular formula is C20H16N2O4S. The molecule has 27 heavy (non-hydrogen) atoms. The van der Waals surface area contributed by atoms with Crippen LogP contribution in [0.5, 0.6) is 5.75 Å². The lowest BCUT2D eigenvalue weighted by Gasteiger charge is -2.08. The van der Waals surface area contributed by atoms with E-state index in [0.717, 1.165) is 11.0 Å². The summed E-state index contributed by atoms with van der Waals surface area (Å²) in [5.41, 5.74) is 2.18. The molecule has 0 spiro atoms. The maximum Gasteiger partial charge on any atom is 0.344 e. The molecule has 0 amide bonds. The summed E-state index contributed by atoms with van der Waals surface area (Å²) in [7, 11) is 0. The quantitative estimate of drug-likeness (QED) is 0.497. The Morgan fingerprint density at radius 2 is 1.96 bits per heavy atom. The van der Waals surface area contributed by atoms with Gasteiger partial charge < -0.3 is 9.47 Å². The second-order valence-corrected chi connectivity index (χ2v) is 6.77. The summed E-state index contributed by atoms with van der Waals surface area (Å²) in [6.07, 6.45) is 1.76. The van der Waals surface area contributed by atoms with E-state index in [1.165, 1.54) is 11.3 Å². The maximum absolute atomic E-state index is 12.9. The van der Waals surface area contributed by atoms with Gasteiger partial charge in [0.15, 0.2) is 11.6 Å². The molecule has 0 atom stereocenters. The van der Waals surface area contributed by atoms with E-state index in [1.807, 2.05) is 42.5 Å². The van der Waals surface area contributed by atoms with Crippen LogP contribution in [0.4, 0.5) is 0 Å². The first kappa shape index (κ1) is 17.2. The van der Waals surface area contributed by atoms with Crippen molar-refractivity contribution in [1.82, 2.24) is 9.38 Å². The number of carbonyl (C=O) groups excluding carboxylic acids is 1. The van der Waals surface area contributed by atoms with Gasteiger partial charge in [-0.25, -0.2) is 14.2 Å². The van der Waals surface area contributed by atoms with Crippen LogP contribution in [0.2, 0.25) is 0 Å². The van der Waals surface area contributed by atoms with Crippen LogP contribution in [0.3, 0.4) is 0 Å². The molecule has 0 saturated heterocycles. The molecule has 136 valence electrons. The summed E-state index contributed by atoms with van der Waals surface area (Å²) in [6, 6.07) is 14.8. The van der Waals surface area contributed by atoms with Crippen LogP contribution in [0.15, 0.2) is 53.3 Å². The number of aromatic nitrogens is 2. The highest BCUT2D eigenvalue weighted by Gasteiger charge is 2.11. The van der Waals surface area contributed by atoms with E-state index in [-0.39, 0.29) is 12.2 Å². The lowest BCUT2D eigenvalue weighted by atomic mass is 10.2. The SMILES string of the molecule is CCOC(=O)COc1ccccc1/C=c1\sc2nc3ccccc3n2c1=O. The number of hydrogen-bond donors (Lipinski definition) is 0. The van der Waals surface area contributed by atoms with Crippen molar-refractivity contribution in [3.05, 3.63) is 69.0 Å². The Morgan fingerprint density at radius 1 is 1.19 bits per heavy atom. The first-order valence-electron chi connectivity index (χ1n) is 8.46. The molecule has 0 aliphatic heterocycles. The number of para-hydroxylation sites is 3. The van der Waals surface area contributed by atoms with E-state index in [2.05, 4.69) is 4.98 Å². The second kappa shape index (κ2) is 7.20. The van der Waals surface area contributed by atoms with Crippen LogP contribution in [-0.2, 0) is 9.53 Å². The average Bonchev–Trinajstić information content (AvgIpc) is 3.18. The zero-order valence-corrected chi connectivity index (χ0v) is 15.4.